The number of piperidine rings is 1. The minimum absolute atomic E-state index is 0.0194. The summed E-state index contributed by atoms with van der Waals surface area (Å²) in [4.78, 5) is 29.4. The van der Waals surface area contributed by atoms with Gasteiger partial charge in [0.25, 0.3) is 0 Å². The van der Waals surface area contributed by atoms with Gasteiger partial charge >= 0.3 is 6.03 Å². The topological polar surface area (TPSA) is 52.7 Å². The lowest BCUT2D eigenvalue weighted by molar-refractivity contribution is -0.138. The van der Waals surface area contributed by atoms with Crippen molar-refractivity contribution < 1.29 is 14.0 Å². The molecule has 1 aliphatic carbocycles. The summed E-state index contributed by atoms with van der Waals surface area (Å²) in [7, 11) is 0. The van der Waals surface area contributed by atoms with Crippen LogP contribution in [0.4, 0.5) is 14.9 Å². The SMILES string of the molecule is O=C(Nc1ccccc1)N1CCCC(C(=O)N(Cc2c(F)cccc2Cl)C2CC2)C1. The Morgan fingerprint density at radius 3 is 2.57 bits per heavy atom. The molecule has 2 fully saturated rings. The van der Waals surface area contributed by atoms with Crippen LogP contribution in [0, 0.1) is 11.7 Å². The first-order valence-electron chi connectivity index (χ1n) is 10.4. The second-order valence-electron chi connectivity index (χ2n) is 7.98. The fraction of sp³-hybridized carbons (Fsp3) is 0.391. The number of hydrogen-bond acceptors (Lipinski definition) is 2. The highest BCUT2D eigenvalue weighted by Crippen LogP contribution is 2.33. The molecule has 0 aromatic heterocycles. The standard InChI is InChI=1S/C23H25ClFN3O2/c24-20-9-4-10-21(25)19(20)15-28(18-11-12-18)22(29)16-6-5-13-27(14-16)23(30)26-17-7-2-1-3-8-17/h1-4,7-10,16,18H,5-6,11-15H2,(H,26,30). The second-order valence-corrected chi connectivity index (χ2v) is 8.39. The predicted octanol–water partition coefficient (Wildman–Crippen LogP) is 4.91. The Morgan fingerprint density at radius 1 is 1.10 bits per heavy atom. The van der Waals surface area contributed by atoms with E-state index in [1.54, 1.807) is 21.9 Å². The lowest BCUT2D eigenvalue weighted by atomic mass is 9.96. The number of carbonyl (C=O) groups is 2. The van der Waals surface area contributed by atoms with Crippen molar-refractivity contribution in [2.75, 3.05) is 18.4 Å². The second kappa shape index (κ2) is 9.04. The van der Waals surface area contributed by atoms with E-state index in [1.165, 1.54) is 6.07 Å². The molecule has 1 saturated carbocycles. The Morgan fingerprint density at radius 2 is 1.87 bits per heavy atom. The number of urea groups is 1. The summed E-state index contributed by atoms with van der Waals surface area (Å²) in [5, 5.41) is 3.22. The molecule has 1 saturated heterocycles. The quantitative estimate of drug-likeness (QED) is 0.733. The third-order valence-electron chi connectivity index (χ3n) is 5.74. The van der Waals surface area contributed by atoms with Gasteiger partial charge in [-0.2, -0.15) is 0 Å². The third kappa shape index (κ3) is 4.75. The number of halogens is 2. The Labute approximate surface area is 180 Å². The van der Waals surface area contributed by atoms with Gasteiger partial charge in [0.2, 0.25) is 5.91 Å². The largest absolute Gasteiger partial charge is 0.335 e. The van der Waals surface area contributed by atoms with Crippen molar-refractivity contribution in [1.82, 2.24) is 9.80 Å². The van der Waals surface area contributed by atoms with E-state index in [-0.39, 0.29) is 30.4 Å². The van der Waals surface area contributed by atoms with Crippen LogP contribution < -0.4 is 5.32 Å². The molecule has 0 radical (unpaired) electrons. The van der Waals surface area contributed by atoms with Crippen molar-refractivity contribution in [1.29, 1.82) is 0 Å². The van der Waals surface area contributed by atoms with Gasteiger partial charge < -0.3 is 15.1 Å². The van der Waals surface area contributed by atoms with E-state index >= 15 is 0 Å². The third-order valence-corrected chi connectivity index (χ3v) is 6.10. The predicted molar refractivity (Wildman–Crippen MR) is 115 cm³/mol. The smallest absolute Gasteiger partial charge is 0.321 e. The molecule has 7 heteroatoms. The van der Waals surface area contributed by atoms with Crippen LogP contribution in [0.1, 0.15) is 31.2 Å². The molecule has 1 heterocycles. The van der Waals surface area contributed by atoms with Crippen LogP contribution in [0.2, 0.25) is 5.02 Å². The molecule has 158 valence electrons. The van der Waals surface area contributed by atoms with Crippen LogP contribution in [0.5, 0.6) is 0 Å². The number of amides is 3. The molecule has 4 rings (SSSR count). The highest BCUT2D eigenvalue weighted by atomic mass is 35.5. The van der Waals surface area contributed by atoms with Crippen LogP contribution >= 0.6 is 11.6 Å². The van der Waals surface area contributed by atoms with Crippen LogP contribution in [-0.2, 0) is 11.3 Å². The van der Waals surface area contributed by atoms with E-state index in [4.69, 9.17) is 11.6 Å². The minimum Gasteiger partial charge on any atom is -0.335 e. The van der Waals surface area contributed by atoms with E-state index in [0.29, 0.717) is 23.7 Å². The number of para-hydroxylation sites is 1. The first-order valence-corrected chi connectivity index (χ1v) is 10.7. The summed E-state index contributed by atoms with van der Waals surface area (Å²) in [6.07, 6.45) is 3.32. The van der Waals surface area contributed by atoms with Gasteiger partial charge in [0.05, 0.1) is 12.5 Å². The monoisotopic (exact) mass is 429 g/mol. The molecule has 1 aliphatic heterocycles. The lowest BCUT2D eigenvalue weighted by Crippen LogP contribution is -2.48. The molecule has 0 spiro atoms. The summed E-state index contributed by atoms with van der Waals surface area (Å²) in [6, 6.07) is 13.8. The van der Waals surface area contributed by atoms with Crippen molar-refractivity contribution >= 4 is 29.2 Å². The van der Waals surface area contributed by atoms with E-state index in [0.717, 1.165) is 31.4 Å². The van der Waals surface area contributed by atoms with Crippen LogP contribution in [0.3, 0.4) is 0 Å². The molecule has 2 aromatic rings. The number of likely N-dealkylation sites (tertiary alicyclic amines) is 1. The number of carbonyl (C=O) groups excluding carboxylic acids is 2. The van der Waals surface area contributed by atoms with Gasteiger partial charge in [-0.25, -0.2) is 9.18 Å². The van der Waals surface area contributed by atoms with Gasteiger partial charge in [0.1, 0.15) is 5.82 Å². The molecule has 1 N–H and O–H groups in total. The van der Waals surface area contributed by atoms with Gasteiger partial charge in [0, 0.05) is 35.4 Å². The molecule has 2 aliphatic rings. The maximum absolute atomic E-state index is 14.3. The lowest BCUT2D eigenvalue weighted by Gasteiger charge is -2.35. The number of benzene rings is 2. The number of nitrogens with one attached hydrogen (secondary N) is 1. The summed E-state index contributed by atoms with van der Waals surface area (Å²) < 4.78 is 14.3. The molecule has 2 aromatic carbocycles. The molecule has 3 amide bonds. The maximum atomic E-state index is 14.3. The van der Waals surface area contributed by atoms with Crippen LogP contribution in [-0.4, -0.2) is 40.9 Å². The number of anilines is 1. The molecule has 1 atom stereocenters. The van der Waals surface area contributed by atoms with Crippen molar-refractivity contribution in [2.24, 2.45) is 5.92 Å². The zero-order valence-corrected chi connectivity index (χ0v) is 17.4. The summed E-state index contributed by atoms with van der Waals surface area (Å²) in [5.74, 6) is -0.700. The summed E-state index contributed by atoms with van der Waals surface area (Å²) >= 11 is 6.19. The Balaban J connectivity index is 1.44. The highest BCUT2D eigenvalue weighted by Gasteiger charge is 2.38. The van der Waals surface area contributed by atoms with Gasteiger partial charge in [-0.3, -0.25) is 4.79 Å². The first-order chi connectivity index (χ1) is 14.5. The van der Waals surface area contributed by atoms with Gasteiger partial charge in [0.15, 0.2) is 0 Å². The molecule has 30 heavy (non-hydrogen) atoms. The Hall–Kier alpha value is -2.60. The van der Waals surface area contributed by atoms with E-state index in [1.807, 2.05) is 30.3 Å². The van der Waals surface area contributed by atoms with Crippen molar-refractivity contribution in [3.05, 3.63) is 64.9 Å². The van der Waals surface area contributed by atoms with Gasteiger partial charge in [-0.05, 0) is 49.9 Å². The molecular weight excluding hydrogens is 405 g/mol. The molecule has 0 bridgehead atoms. The zero-order chi connectivity index (χ0) is 21.1. The van der Waals surface area contributed by atoms with Gasteiger partial charge in [-0.1, -0.05) is 35.9 Å². The minimum atomic E-state index is -0.395. The normalized spacial score (nSPS) is 18.7. The van der Waals surface area contributed by atoms with E-state index in [9.17, 15) is 14.0 Å². The zero-order valence-electron chi connectivity index (χ0n) is 16.7. The van der Waals surface area contributed by atoms with Crippen LogP contribution in [0.25, 0.3) is 0 Å². The highest BCUT2D eigenvalue weighted by molar-refractivity contribution is 6.31. The van der Waals surface area contributed by atoms with E-state index in [2.05, 4.69) is 5.32 Å². The Kier molecular flexibility index (Phi) is 6.23. The average molecular weight is 430 g/mol. The molecule has 1 unspecified atom stereocenters. The van der Waals surface area contributed by atoms with Crippen molar-refractivity contribution in [3.8, 4) is 0 Å². The van der Waals surface area contributed by atoms with Gasteiger partial charge in [-0.15, -0.1) is 0 Å². The number of rotatable bonds is 5. The van der Waals surface area contributed by atoms with E-state index < -0.39 is 5.82 Å². The summed E-state index contributed by atoms with van der Waals surface area (Å²) in [6.45, 7) is 1.15. The van der Waals surface area contributed by atoms with Crippen molar-refractivity contribution in [2.45, 2.75) is 38.3 Å². The number of hydrogen-bond donors (Lipinski definition) is 1. The molecular formula is C23H25ClFN3O2. The number of nitrogens with zero attached hydrogens (tertiary/aromatic N) is 2. The summed E-state index contributed by atoms with van der Waals surface area (Å²) in [5.41, 5.74) is 1.08. The fourth-order valence-electron chi connectivity index (χ4n) is 3.95. The maximum Gasteiger partial charge on any atom is 0.321 e. The fourth-order valence-corrected chi connectivity index (χ4v) is 4.17. The first kappa shape index (κ1) is 20.7. The molecule has 5 nitrogen and oxygen atoms in total. The Bertz CT molecular complexity index is 900. The van der Waals surface area contributed by atoms with Crippen LogP contribution in [0.15, 0.2) is 48.5 Å². The average Bonchev–Trinajstić information content (AvgIpc) is 3.59. The van der Waals surface area contributed by atoms with Crippen molar-refractivity contribution in [3.63, 3.8) is 0 Å².